The predicted molar refractivity (Wildman–Crippen MR) is 72.6 cm³/mol. The van der Waals surface area contributed by atoms with E-state index in [9.17, 15) is 9.18 Å². The monoisotopic (exact) mass is 272 g/mol. The van der Waals surface area contributed by atoms with Gasteiger partial charge in [0, 0.05) is 13.1 Å². The van der Waals surface area contributed by atoms with Gasteiger partial charge < -0.3 is 10.2 Å². The van der Waals surface area contributed by atoms with E-state index in [1.54, 1.807) is 11.0 Å². The molecule has 0 unspecified atom stereocenters. The van der Waals surface area contributed by atoms with Crippen molar-refractivity contribution in [1.29, 1.82) is 0 Å². The van der Waals surface area contributed by atoms with Gasteiger partial charge >= 0.3 is 6.03 Å². The average molecular weight is 273 g/mol. The van der Waals surface area contributed by atoms with Crippen LogP contribution in [0.15, 0.2) is 18.2 Å². The molecule has 0 aromatic heterocycles. The molecule has 0 saturated carbocycles. The summed E-state index contributed by atoms with van der Waals surface area (Å²) in [6, 6.07) is 4.00. The lowest BCUT2D eigenvalue weighted by Crippen LogP contribution is -2.36. The van der Waals surface area contributed by atoms with Crippen molar-refractivity contribution in [3.8, 4) is 0 Å². The van der Waals surface area contributed by atoms with E-state index < -0.39 is 5.82 Å². The molecule has 2 amide bonds. The smallest absolute Gasteiger partial charge is 0.321 e. The molecule has 1 N–H and O–H groups in total. The SMILES string of the molecule is CCCN(CCC)C(=O)Nc1c(F)cccc1Cl. The zero-order valence-electron chi connectivity index (χ0n) is 10.7. The van der Waals surface area contributed by atoms with Gasteiger partial charge in [-0.2, -0.15) is 0 Å². The molecule has 0 spiro atoms. The summed E-state index contributed by atoms with van der Waals surface area (Å²) >= 11 is 5.86. The standard InChI is InChI=1S/C13H18ClFN2O/c1-3-8-17(9-4-2)13(18)16-12-10(14)6-5-7-11(12)15/h5-7H,3-4,8-9H2,1-2H3,(H,16,18). The Kier molecular flexibility index (Phi) is 5.92. The Morgan fingerprint density at radius 2 is 1.94 bits per heavy atom. The molecule has 100 valence electrons. The molecule has 0 heterocycles. The molecule has 18 heavy (non-hydrogen) atoms. The van der Waals surface area contributed by atoms with Crippen LogP contribution in [0.5, 0.6) is 0 Å². The fraction of sp³-hybridized carbons (Fsp3) is 0.462. The predicted octanol–water partition coefficient (Wildman–Crippen LogP) is 4.13. The van der Waals surface area contributed by atoms with E-state index >= 15 is 0 Å². The summed E-state index contributed by atoms with van der Waals surface area (Å²) in [7, 11) is 0. The molecular weight excluding hydrogens is 255 g/mol. The Morgan fingerprint density at radius 1 is 1.33 bits per heavy atom. The van der Waals surface area contributed by atoms with E-state index in [-0.39, 0.29) is 16.7 Å². The van der Waals surface area contributed by atoms with Crippen molar-refractivity contribution in [2.75, 3.05) is 18.4 Å². The van der Waals surface area contributed by atoms with Crippen LogP contribution >= 0.6 is 11.6 Å². The lowest BCUT2D eigenvalue weighted by Gasteiger charge is -2.22. The maximum absolute atomic E-state index is 13.5. The quantitative estimate of drug-likeness (QED) is 0.859. The fourth-order valence-corrected chi connectivity index (χ4v) is 1.87. The number of anilines is 1. The van der Waals surface area contributed by atoms with Crippen molar-refractivity contribution >= 4 is 23.3 Å². The van der Waals surface area contributed by atoms with Crippen LogP contribution in [0.25, 0.3) is 0 Å². The van der Waals surface area contributed by atoms with Crippen molar-refractivity contribution in [2.24, 2.45) is 0 Å². The summed E-state index contributed by atoms with van der Waals surface area (Å²) < 4.78 is 13.5. The van der Waals surface area contributed by atoms with Crippen LogP contribution in [0.2, 0.25) is 5.02 Å². The number of benzene rings is 1. The first-order chi connectivity index (χ1) is 8.60. The molecule has 0 aliphatic rings. The summed E-state index contributed by atoms with van der Waals surface area (Å²) in [4.78, 5) is 13.6. The Hall–Kier alpha value is -1.29. The van der Waals surface area contributed by atoms with Gasteiger partial charge in [0.25, 0.3) is 0 Å². The molecular formula is C13H18ClFN2O. The van der Waals surface area contributed by atoms with Crippen molar-refractivity contribution in [3.05, 3.63) is 29.0 Å². The first kappa shape index (κ1) is 14.8. The minimum absolute atomic E-state index is 0.0429. The van der Waals surface area contributed by atoms with Gasteiger partial charge in [-0.3, -0.25) is 0 Å². The number of hydrogen-bond acceptors (Lipinski definition) is 1. The van der Waals surface area contributed by atoms with E-state index in [0.29, 0.717) is 13.1 Å². The molecule has 0 saturated heterocycles. The summed E-state index contributed by atoms with van der Waals surface area (Å²) in [5.41, 5.74) is 0.0429. The fourth-order valence-electron chi connectivity index (χ4n) is 1.66. The van der Waals surface area contributed by atoms with Crippen molar-refractivity contribution in [2.45, 2.75) is 26.7 Å². The number of amides is 2. The lowest BCUT2D eigenvalue weighted by atomic mass is 10.3. The zero-order valence-corrected chi connectivity index (χ0v) is 11.4. The Labute approximate surface area is 112 Å². The minimum atomic E-state index is -0.524. The first-order valence-electron chi connectivity index (χ1n) is 6.10. The molecule has 0 fully saturated rings. The summed E-state index contributed by atoms with van der Waals surface area (Å²) in [5, 5.41) is 2.73. The Bertz CT molecular complexity index is 386. The molecule has 0 bridgehead atoms. The number of hydrogen-bond donors (Lipinski definition) is 1. The van der Waals surface area contributed by atoms with Crippen LogP contribution in [-0.4, -0.2) is 24.0 Å². The second-order valence-corrected chi connectivity index (χ2v) is 4.42. The summed E-state index contributed by atoms with van der Waals surface area (Å²) in [6.07, 6.45) is 1.72. The topological polar surface area (TPSA) is 32.3 Å². The number of carbonyl (C=O) groups excluding carboxylic acids is 1. The maximum atomic E-state index is 13.5. The molecule has 1 rings (SSSR count). The number of urea groups is 1. The second kappa shape index (κ2) is 7.21. The molecule has 0 aliphatic carbocycles. The van der Waals surface area contributed by atoms with Gasteiger partial charge in [0.2, 0.25) is 0 Å². The van der Waals surface area contributed by atoms with Gasteiger partial charge in [-0.05, 0) is 25.0 Å². The van der Waals surface area contributed by atoms with E-state index in [4.69, 9.17) is 11.6 Å². The van der Waals surface area contributed by atoms with E-state index in [1.165, 1.54) is 12.1 Å². The van der Waals surface area contributed by atoms with Gasteiger partial charge in [0.15, 0.2) is 0 Å². The normalized spacial score (nSPS) is 10.2. The number of halogens is 2. The number of para-hydroxylation sites is 1. The van der Waals surface area contributed by atoms with Crippen LogP contribution < -0.4 is 5.32 Å². The highest BCUT2D eigenvalue weighted by atomic mass is 35.5. The largest absolute Gasteiger partial charge is 0.325 e. The highest BCUT2D eigenvalue weighted by Crippen LogP contribution is 2.24. The third kappa shape index (κ3) is 3.88. The van der Waals surface area contributed by atoms with Gasteiger partial charge in [-0.25, -0.2) is 9.18 Å². The zero-order chi connectivity index (χ0) is 13.5. The third-order valence-corrected chi connectivity index (χ3v) is 2.78. The highest BCUT2D eigenvalue weighted by Gasteiger charge is 2.15. The molecule has 3 nitrogen and oxygen atoms in total. The maximum Gasteiger partial charge on any atom is 0.321 e. The van der Waals surface area contributed by atoms with E-state index in [2.05, 4.69) is 5.32 Å². The van der Waals surface area contributed by atoms with Crippen LogP contribution in [0.1, 0.15) is 26.7 Å². The Morgan fingerprint density at radius 3 is 2.44 bits per heavy atom. The van der Waals surface area contributed by atoms with Crippen LogP contribution in [-0.2, 0) is 0 Å². The number of nitrogens with zero attached hydrogens (tertiary/aromatic N) is 1. The van der Waals surface area contributed by atoms with Crippen molar-refractivity contribution in [1.82, 2.24) is 4.90 Å². The molecule has 0 radical (unpaired) electrons. The minimum Gasteiger partial charge on any atom is -0.325 e. The number of carbonyl (C=O) groups is 1. The van der Waals surface area contributed by atoms with Crippen LogP contribution in [0, 0.1) is 5.82 Å². The van der Waals surface area contributed by atoms with Crippen molar-refractivity contribution < 1.29 is 9.18 Å². The molecule has 5 heteroatoms. The van der Waals surface area contributed by atoms with E-state index in [0.717, 1.165) is 12.8 Å². The summed E-state index contributed by atoms with van der Waals surface area (Å²) in [5.74, 6) is -0.524. The average Bonchev–Trinajstić information content (AvgIpc) is 2.33. The van der Waals surface area contributed by atoms with Crippen molar-refractivity contribution in [3.63, 3.8) is 0 Å². The summed E-state index contributed by atoms with van der Waals surface area (Å²) in [6.45, 7) is 5.27. The lowest BCUT2D eigenvalue weighted by molar-refractivity contribution is 0.211. The van der Waals surface area contributed by atoms with Gasteiger partial charge in [0.05, 0.1) is 10.7 Å². The highest BCUT2D eigenvalue weighted by molar-refractivity contribution is 6.33. The third-order valence-electron chi connectivity index (χ3n) is 2.47. The molecule has 1 aromatic rings. The van der Waals surface area contributed by atoms with Gasteiger partial charge in [-0.1, -0.05) is 31.5 Å². The van der Waals surface area contributed by atoms with E-state index in [1.807, 2.05) is 13.8 Å². The first-order valence-corrected chi connectivity index (χ1v) is 6.47. The number of rotatable bonds is 5. The van der Waals surface area contributed by atoms with Crippen LogP contribution in [0.4, 0.5) is 14.9 Å². The van der Waals surface area contributed by atoms with Gasteiger partial charge in [0.1, 0.15) is 5.82 Å². The molecule has 0 aliphatic heterocycles. The van der Waals surface area contributed by atoms with Gasteiger partial charge in [-0.15, -0.1) is 0 Å². The second-order valence-electron chi connectivity index (χ2n) is 4.01. The molecule has 1 aromatic carbocycles. The Balaban J connectivity index is 2.79. The van der Waals surface area contributed by atoms with Crippen LogP contribution in [0.3, 0.4) is 0 Å². The number of nitrogens with one attached hydrogen (secondary N) is 1. The molecule has 0 atom stereocenters.